The summed E-state index contributed by atoms with van der Waals surface area (Å²) in [6, 6.07) is 3.48. The number of nitrogen functional groups attached to an aromatic ring is 1. The Hall–Kier alpha value is -1.67. The smallest absolute Gasteiger partial charge is 0.245 e. The molecule has 116 valence electrons. The van der Waals surface area contributed by atoms with E-state index in [1.807, 2.05) is 0 Å². The van der Waals surface area contributed by atoms with Crippen LogP contribution in [0.1, 0.15) is 19.8 Å². The molecule has 1 aliphatic heterocycles. The van der Waals surface area contributed by atoms with Gasteiger partial charge in [-0.1, -0.05) is 6.07 Å². The first-order chi connectivity index (χ1) is 9.82. The summed E-state index contributed by atoms with van der Waals surface area (Å²) in [4.78, 5) is 10.9. The topological polar surface area (TPSA) is 92.5 Å². The number of para-hydroxylation sites is 1. The molecular formula is C13H18FN3O3S. The van der Waals surface area contributed by atoms with Crippen molar-refractivity contribution in [3.8, 4) is 0 Å². The first kappa shape index (κ1) is 15.7. The molecule has 6 nitrogen and oxygen atoms in total. The number of nitrogens with zero attached hydrogens (tertiary/aromatic N) is 1. The molecule has 0 spiro atoms. The van der Waals surface area contributed by atoms with Gasteiger partial charge in [-0.25, -0.2) is 12.8 Å². The number of piperidine rings is 1. The van der Waals surface area contributed by atoms with Crippen LogP contribution in [0.2, 0.25) is 0 Å². The van der Waals surface area contributed by atoms with Crippen LogP contribution in [0.25, 0.3) is 0 Å². The lowest BCUT2D eigenvalue weighted by Gasteiger charge is -2.32. The lowest BCUT2D eigenvalue weighted by molar-refractivity contribution is -0.119. The molecule has 1 amide bonds. The van der Waals surface area contributed by atoms with Gasteiger partial charge in [0.05, 0.1) is 5.69 Å². The number of anilines is 1. The minimum atomic E-state index is -3.87. The van der Waals surface area contributed by atoms with E-state index in [1.165, 1.54) is 23.4 Å². The number of nitrogens with two attached hydrogens (primary N) is 1. The van der Waals surface area contributed by atoms with Crippen molar-refractivity contribution in [1.82, 2.24) is 9.62 Å². The largest absolute Gasteiger partial charge is 0.395 e. The summed E-state index contributed by atoms with van der Waals surface area (Å²) in [5.74, 6) is -0.962. The minimum Gasteiger partial charge on any atom is -0.395 e. The van der Waals surface area contributed by atoms with Crippen molar-refractivity contribution in [3.63, 3.8) is 0 Å². The highest BCUT2D eigenvalue weighted by molar-refractivity contribution is 7.89. The monoisotopic (exact) mass is 315 g/mol. The van der Waals surface area contributed by atoms with Crippen LogP contribution in [0.4, 0.5) is 10.1 Å². The fourth-order valence-electron chi connectivity index (χ4n) is 2.45. The Morgan fingerprint density at radius 3 is 2.86 bits per heavy atom. The van der Waals surface area contributed by atoms with Gasteiger partial charge in [-0.05, 0) is 25.0 Å². The van der Waals surface area contributed by atoms with E-state index in [1.54, 1.807) is 0 Å². The fourth-order valence-corrected chi connectivity index (χ4v) is 4.10. The molecule has 1 heterocycles. The summed E-state index contributed by atoms with van der Waals surface area (Å²) in [6.07, 6.45) is 1.34. The molecular weight excluding hydrogens is 297 g/mol. The molecule has 0 aliphatic carbocycles. The summed E-state index contributed by atoms with van der Waals surface area (Å²) in [5, 5.41) is 2.71. The number of benzene rings is 1. The van der Waals surface area contributed by atoms with E-state index in [0.717, 1.165) is 6.07 Å². The Morgan fingerprint density at radius 1 is 1.48 bits per heavy atom. The number of hydrogen-bond donors (Lipinski definition) is 2. The molecule has 1 fully saturated rings. The van der Waals surface area contributed by atoms with E-state index in [4.69, 9.17) is 5.73 Å². The Kier molecular flexibility index (Phi) is 4.48. The molecule has 1 aromatic carbocycles. The summed E-state index contributed by atoms with van der Waals surface area (Å²) in [5.41, 5.74) is 5.16. The van der Waals surface area contributed by atoms with E-state index in [2.05, 4.69) is 5.32 Å². The standard InChI is InChI=1S/C13H18FN3O3S/c1-9(18)16-10-4-3-7-17(8-10)21(19,20)12-6-2-5-11(14)13(12)15/h2,5-6,10H,3-4,7-8,15H2,1H3,(H,16,18). The van der Waals surface area contributed by atoms with Crippen LogP contribution >= 0.6 is 0 Å². The zero-order valence-electron chi connectivity index (χ0n) is 11.7. The van der Waals surface area contributed by atoms with Gasteiger partial charge in [-0.3, -0.25) is 4.79 Å². The van der Waals surface area contributed by atoms with Crippen molar-refractivity contribution in [2.75, 3.05) is 18.8 Å². The van der Waals surface area contributed by atoms with Crippen molar-refractivity contribution in [2.45, 2.75) is 30.7 Å². The molecule has 0 aromatic heterocycles. The Morgan fingerprint density at radius 2 is 2.19 bits per heavy atom. The van der Waals surface area contributed by atoms with Crippen molar-refractivity contribution in [3.05, 3.63) is 24.0 Å². The van der Waals surface area contributed by atoms with Crippen LogP contribution in [0.3, 0.4) is 0 Å². The maximum Gasteiger partial charge on any atom is 0.245 e. The van der Waals surface area contributed by atoms with Crippen molar-refractivity contribution in [2.24, 2.45) is 0 Å². The van der Waals surface area contributed by atoms with Gasteiger partial charge in [0.1, 0.15) is 10.7 Å². The third-order valence-corrected chi connectivity index (χ3v) is 5.35. The molecule has 2 rings (SSSR count). The van der Waals surface area contributed by atoms with Crippen LogP contribution in [-0.2, 0) is 14.8 Å². The minimum absolute atomic E-state index is 0.165. The highest BCUT2D eigenvalue weighted by atomic mass is 32.2. The van der Waals surface area contributed by atoms with E-state index >= 15 is 0 Å². The molecule has 1 atom stereocenters. The van der Waals surface area contributed by atoms with Crippen LogP contribution in [0, 0.1) is 5.82 Å². The van der Waals surface area contributed by atoms with Gasteiger partial charge in [-0.15, -0.1) is 0 Å². The quantitative estimate of drug-likeness (QED) is 0.803. The van der Waals surface area contributed by atoms with E-state index in [-0.39, 0.29) is 29.1 Å². The van der Waals surface area contributed by atoms with Gasteiger partial charge in [-0.2, -0.15) is 4.31 Å². The molecule has 0 saturated carbocycles. The summed E-state index contributed by atoms with van der Waals surface area (Å²) < 4.78 is 39.8. The van der Waals surface area contributed by atoms with Gasteiger partial charge in [0.25, 0.3) is 0 Å². The fraction of sp³-hybridized carbons (Fsp3) is 0.462. The first-order valence-corrected chi connectivity index (χ1v) is 8.07. The van der Waals surface area contributed by atoms with Gasteiger partial charge >= 0.3 is 0 Å². The SMILES string of the molecule is CC(=O)NC1CCCN(S(=O)(=O)c2cccc(F)c2N)C1. The number of rotatable bonds is 3. The molecule has 21 heavy (non-hydrogen) atoms. The number of hydrogen-bond acceptors (Lipinski definition) is 4. The lowest BCUT2D eigenvalue weighted by Crippen LogP contribution is -2.49. The van der Waals surface area contributed by atoms with Crippen molar-refractivity contribution in [1.29, 1.82) is 0 Å². The molecule has 8 heteroatoms. The lowest BCUT2D eigenvalue weighted by atomic mass is 10.1. The van der Waals surface area contributed by atoms with E-state index < -0.39 is 15.8 Å². The number of amides is 1. The van der Waals surface area contributed by atoms with E-state index in [0.29, 0.717) is 19.4 Å². The normalized spacial score (nSPS) is 20.2. The third kappa shape index (κ3) is 3.33. The average Bonchev–Trinajstić information content (AvgIpc) is 2.41. The zero-order chi connectivity index (χ0) is 15.6. The van der Waals surface area contributed by atoms with Crippen molar-refractivity contribution >= 4 is 21.6 Å². The maximum atomic E-state index is 13.5. The van der Waals surface area contributed by atoms with Gasteiger partial charge < -0.3 is 11.1 Å². The molecule has 0 bridgehead atoms. The second-order valence-corrected chi connectivity index (χ2v) is 6.96. The molecule has 0 radical (unpaired) electrons. The van der Waals surface area contributed by atoms with Gasteiger partial charge in [0.15, 0.2) is 0 Å². The highest BCUT2D eigenvalue weighted by Gasteiger charge is 2.32. The second kappa shape index (κ2) is 5.98. The molecule has 3 N–H and O–H groups in total. The Bertz CT molecular complexity index is 648. The van der Waals surface area contributed by atoms with Crippen LogP contribution in [0.15, 0.2) is 23.1 Å². The Labute approximate surface area is 123 Å². The number of carbonyl (C=O) groups excluding carboxylic acids is 1. The Balaban J connectivity index is 2.27. The molecule has 1 aromatic rings. The highest BCUT2D eigenvalue weighted by Crippen LogP contribution is 2.26. The number of halogens is 1. The zero-order valence-corrected chi connectivity index (χ0v) is 12.5. The second-order valence-electron chi connectivity index (χ2n) is 5.05. The maximum absolute atomic E-state index is 13.5. The third-order valence-electron chi connectivity index (χ3n) is 3.42. The summed E-state index contributed by atoms with van der Waals surface area (Å²) in [6.45, 7) is 1.88. The molecule has 1 aliphatic rings. The predicted octanol–water partition coefficient (Wildman–Crippen LogP) is 0.697. The van der Waals surface area contributed by atoms with Gasteiger partial charge in [0.2, 0.25) is 15.9 Å². The predicted molar refractivity (Wildman–Crippen MR) is 76.4 cm³/mol. The average molecular weight is 315 g/mol. The number of carbonyl (C=O) groups is 1. The van der Waals surface area contributed by atoms with Crippen molar-refractivity contribution < 1.29 is 17.6 Å². The van der Waals surface area contributed by atoms with E-state index in [9.17, 15) is 17.6 Å². The number of sulfonamides is 1. The molecule has 1 unspecified atom stereocenters. The summed E-state index contributed by atoms with van der Waals surface area (Å²) >= 11 is 0. The molecule has 1 saturated heterocycles. The van der Waals surface area contributed by atoms with Gasteiger partial charge in [0, 0.05) is 26.1 Å². The van der Waals surface area contributed by atoms with Crippen LogP contribution in [0.5, 0.6) is 0 Å². The number of nitrogens with one attached hydrogen (secondary N) is 1. The van der Waals surface area contributed by atoms with Crippen LogP contribution in [-0.4, -0.2) is 37.8 Å². The summed E-state index contributed by atoms with van der Waals surface area (Å²) in [7, 11) is -3.87. The first-order valence-electron chi connectivity index (χ1n) is 6.63. The van der Waals surface area contributed by atoms with Crippen LogP contribution < -0.4 is 11.1 Å².